The molecule has 3 aromatic rings. The van der Waals surface area contributed by atoms with E-state index in [1.54, 1.807) is 31.2 Å². The average Bonchev–Trinajstić information content (AvgIpc) is 2.91. The van der Waals surface area contributed by atoms with Gasteiger partial charge in [0.15, 0.2) is 0 Å². The van der Waals surface area contributed by atoms with E-state index in [1.165, 1.54) is 11.6 Å². The highest BCUT2D eigenvalue weighted by Crippen LogP contribution is 2.25. The van der Waals surface area contributed by atoms with Gasteiger partial charge in [-0.05, 0) is 43.3 Å². The monoisotopic (exact) mass is 369 g/mol. The van der Waals surface area contributed by atoms with E-state index >= 15 is 0 Å². The molecule has 0 aliphatic rings. The predicted octanol–water partition coefficient (Wildman–Crippen LogP) is 4.01. The van der Waals surface area contributed by atoms with E-state index in [0.717, 1.165) is 5.69 Å². The smallest absolute Gasteiger partial charge is 0.348 e. The van der Waals surface area contributed by atoms with E-state index < -0.39 is 5.97 Å². The van der Waals surface area contributed by atoms with Gasteiger partial charge >= 0.3 is 5.97 Å². The van der Waals surface area contributed by atoms with Crippen LogP contribution in [-0.4, -0.2) is 21.7 Å². The Morgan fingerprint density at radius 1 is 1.08 bits per heavy atom. The minimum absolute atomic E-state index is 0.175. The fourth-order valence-electron chi connectivity index (χ4n) is 2.44. The maximum absolute atomic E-state index is 12.5. The molecule has 1 N–H and O–H groups in total. The zero-order chi connectivity index (χ0) is 18.7. The van der Waals surface area contributed by atoms with Crippen LogP contribution in [0.15, 0.2) is 54.6 Å². The second kappa shape index (κ2) is 7.41. The summed E-state index contributed by atoms with van der Waals surface area (Å²) in [5.74, 6) is -0.431. The van der Waals surface area contributed by atoms with Gasteiger partial charge in [0.1, 0.15) is 16.5 Å². The van der Waals surface area contributed by atoms with E-state index in [1.807, 2.05) is 30.3 Å². The van der Waals surface area contributed by atoms with Crippen LogP contribution in [0.3, 0.4) is 0 Å². The Morgan fingerprint density at radius 2 is 1.73 bits per heavy atom. The van der Waals surface area contributed by atoms with Crippen LogP contribution >= 0.6 is 11.6 Å². The number of carbonyl (C=O) groups is 2. The van der Waals surface area contributed by atoms with E-state index in [4.69, 9.17) is 16.3 Å². The number of aromatic nitrogens is 2. The number of amides is 1. The summed E-state index contributed by atoms with van der Waals surface area (Å²) in [5, 5.41) is 7.16. The van der Waals surface area contributed by atoms with Crippen LogP contribution in [0.5, 0.6) is 5.75 Å². The lowest BCUT2D eigenvalue weighted by Gasteiger charge is -2.06. The number of anilines is 1. The molecule has 0 aliphatic carbocycles. The molecule has 0 fully saturated rings. The summed E-state index contributed by atoms with van der Waals surface area (Å²) >= 11 is 6.36. The largest absolute Gasteiger partial charge is 0.423 e. The Hall–Kier alpha value is -3.12. The minimum Gasteiger partial charge on any atom is -0.423 e. The summed E-state index contributed by atoms with van der Waals surface area (Å²) in [7, 11) is 0. The van der Waals surface area contributed by atoms with Gasteiger partial charge in [-0.15, -0.1) is 0 Å². The molecule has 1 heterocycles. The Kier molecular flexibility index (Phi) is 5.04. The first-order chi connectivity index (χ1) is 12.5. The number of nitrogens with zero attached hydrogens (tertiary/aromatic N) is 2. The van der Waals surface area contributed by atoms with Crippen molar-refractivity contribution in [3.63, 3.8) is 0 Å². The van der Waals surface area contributed by atoms with Gasteiger partial charge in [-0.2, -0.15) is 5.10 Å². The molecular formula is C19H16ClN3O3. The summed E-state index contributed by atoms with van der Waals surface area (Å²) in [5.41, 5.74) is 2.04. The van der Waals surface area contributed by atoms with Crippen molar-refractivity contribution in [1.29, 1.82) is 0 Å². The molecule has 0 saturated carbocycles. The second-order valence-electron chi connectivity index (χ2n) is 5.59. The number of carbonyl (C=O) groups excluding carboxylic acids is 2. The number of benzene rings is 2. The molecule has 3 rings (SSSR count). The number of nitrogens with one attached hydrogen (secondary N) is 1. The molecule has 0 bridgehead atoms. The summed E-state index contributed by atoms with van der Waals surface area (Å²) < 4.78 is 6.88. The van der Waals surface area contributed by atoms with Crippen LogP contribution in [0.25, 0.3) is 5.69 Å². The standard InChI is InChI=1S/C19H16ClN3O3/c1-12-17(18(20)23(22-12)15-6-4-3-5-7-15)19(25)26-16-10-8-14(9-11-16)21-13(2)24/h3-11H,1-2H3,(H,21,24). The summed E-state index contributed by atoms with van der Waals surface area (Å²) in [4.78, 5) is 23.6. The Labute approximate surface area is 155 Å². The van der Waals surface area contributed by atoms with E-state index in [0.29, 0.717) is 17.1 Å². The number of para-hydroxylation sites is 1. The molecule has 1 amide bonds. The number of esters is 1. The van der Waals surface area contributed by atoms with Crippen molar-refractivity contribution < 1.29 is 14.3 Å². The van der Waals surface area contributed by atoms with Crippen LogP contribution in [0.4, 0.5) is 5.69 Å². The average molecular weight is 370 g/mol. The van der Waals surface area contributed by atoms with Crippen LogP contribution in [0.1, 0.15) is 23.0 Å². The summed E-state index contributed by atoms with van der Waals surface area (Å²) in [6.45, 7) is 3.12. The molecule has 2 aromatic carbocycles. The first kappa shape index (κ1) is 17.7. The van der Waals surface area contributed by atoms with Crippen molar-refractivity contribution in [1.82, 2.24) is 9.78 Å². The number of aryl methyl sites for hydroxylation is 1. The molecule has 0 saturated heterocycles. The number of hydrogen-bond donors (Lipinski definition) is 1. The molecule has 26 heavy (non-hydrogen) atoms. The maximum Gasteiger partial charge on any atom is 0.348 e. The Balaban J connectivity index is 1.82. The van der Waals surface area contributed by atoms with Gasteiger partial charge in [0.25, 0.3) is 0 Å². The highest BCUT2D eigenvalue weighted by molar-refractivity contribution is 6.33. The van der Waals surface area contributed by atoms with Crippen molar-refractivity contribution in [3.8, 4) is 11.4 Å². The van der Waals surface area contributed by atoms with Crippen LogP contribution in [-0.2, 0) is 4.79 Å². The number of halogens is 1. The molecule has 0 atom stereocenters. The van der Waals surface area contributed by atoms with Gasteiger partial charge in [-0.3, -0.25) is 4.79 Å². The molecule has 0 aliphatic heterocycles. The van der Waals surface area contributed by atoms with E-state index in [-0.39, 0.29) is 16.6 Å². The lowest BCUT2D eigenvalue weighted by atomic mass is 10.2. The predicted molar refractivity (Wildman–Crippen MR) is 99.0 cm³/mol. The van der Waals surface area contributed by atoms with Crippen LogP contribution in [0, 0.1) is 6.92 Å². The maximum atomic E-state index is 12.5. The fraction of sp³-hybridized carbons (Fsp3) is 0.105. The Bertz CT molecular complexity index is 950. The topological polar surface area (TPSA) is 73.2 Å². The summed E-state index contributed by atoms with van der Waals surface area (Å²) in [6.07, 6.45) is 0. The third-order valence-electron chi connectivity index (χ3n) is 3.59. The first-order valence-corrected chi connectivity index (χ1v) is 8.24. The van der Waals surface area contributed by atoms with E-state index in [2.05, 4.69) is 10.4 Å². The highest BCUT2D eigenvalue weighted by atomic mass is 35.5. The third kappa shape index (κ3) is 3.75. The Morgan fingerprint density at radius 3 is 2.35 bits per heavy atom. The molecule has 0 spiro atoms. The second-order valence-corrected chi connectivity index (χ2v) is 5.95. The zero-order valence-corrected chi connectivity index (χ0v) is 14.9. The molecule has 132 valence electrons. The van der Waals surface area contributed by atoms with Crippen molar-refractivity contribution in [3.05, 3.63) is 71.0 Å². The van der Waals surface area contributed by atoms with Gasteiger partial charge in [-0.1, -0.05) is 29.8 Å². The van der Waals surface area contributed by atoms with Crippen molar-refractivity contribution >= 4 is 29.2 Å². The van der Waals surface area contributed by atoms with Crippen molar-refractivity contribution in [2.24, 2.45) is 0 Å². The third-order valence-corrected chi connectivity index (χ3v) is 3.94. The molecule has 6 nitrogen and oxygen atoms in total. The molecule has 1 aromatic heterocycles. The number of hydrogen-bond acceptors (Lipinski definition) is 4. The van der Waals surface area contributed by atoms with E-state index in [9.17, 15) is 9.59 Å². The summed E-state index contributed by atoms with van der Waals surface area (Å²) in [6, 6.07) is 15.8. The number of rotatable bonds is 4. The SMILES string of the molecule is CC(=O)Nc1ccc(OC(=O)c2c(C)nn(-c3ccccc3)c2Cl)cc1. The van der Waals surface area contributed by atoms with Crippen LogP contribution in [0.2, 0.25) is 5.15 Å². The molecule has 0 unspecified atom stereocenters. The van der Waals surface area contributed by atoms with Gasteiger partial charge in [0.2, 0.25) is 5.91 Å². The van der Waals surface area contributed by atoms with Gasteiger partial charge in [0.05, 0.1) is 11.4 Å². The molecular weight excluding hydrogens is 354 g/mol. The first-order valence-electron chi connectivity index (χ1n) is 7.86. The highest BCUT2D eigenvalue weighted by Gasteiger charge is 2.23. The van der Waals surface area contributed by atoms with Gasteiger partial charge < -0.3 is 10.1 Å². The lowest BCUT2D eigenvalue weighted by Crippen LogP contribution is -2.10. The fourth-order valence-corrected chi connectivity index (χ4v) is 2.79. The molecule has 0 radical (unpaired) electrons. The normalized spacial score (nSPS) is 10.4. The van der Waals surface area contributed by atoms with Crippen molar-refractivity contribution in [2.45, 2.75) is 13.8 Å². The van der Waals surface area contributed by atoms with Crippen molar-refractivity contribution in [2.75, 3.05) is 5.32 Å². The lowest BCUT2D eigenvalue weighted by molar-refractivity contribution is -0.114. The molecule has 7 heteroatoms. The van der Waals surface area contributed by atoms with Gasteiger partial charge in [-0.25, -0.2) is 9.48 Å². The van der Waals surface area contributed by atoms with Gasteiger partial charge in [0, 0.05) is 12.6 Å². The zero-order valence-electron chi connectivity index (χ0n) is 14.2. The van der Waals surface area contributed by atoms with Crippen LogP contribution < -0.4 is 10.1 Å². The number of ether oxygens (including phenoxy) is 1. The quantitative estimate of drug-likeness (QED) is 0.557. The minimum atomic E-state index is -0.595.